The van der Waals surface area contributed by atoms with E-state index in [0.29, 0.717) is 6.54 Å². The number of fused-ring (bicyclic) bond motifs is 1. The van der Waals surface area contributed by atoms with Crippen molar-refractivity contribution in [3.8, 4) is 0 Å². The SMILES string of the molecule is NCCC=Cc1ccc2cnccc2c1. The van der Waals surface area contributed by atoms with E-state index in [1.165, 1.54) is 16.3 Å². The Bertz CT molecular complexity index is 475. The summed E-state index contributed by atoms with van der Waals surface area (Å²) < 4.78 is 0. The molecule has 15 heavy (non-hydrogen) atoms. The molecule has 0 saturated carbocycles. The van der Waals surface area contributed by atoms with Crippen molar-refractivity contribution < 1.29 is 0 Å². The molecule has 0 bridgehead atoms. The minimum atomic E-state index is 0.702. The van der Waals surface area contributed by atoms with E-state index in [9.17, 15) is 0 Å². The molecule has 0 aliphatic carbocycles. The maximum atomic E-state index is 5.42. The first-order valence-corrected chi connectivity index (χ1v) is 5.10. The third-order valence-electron chi connectivity index (χ3n) is 2.31. The number of aromatic nitrogens is 1. The minimum absolute atomic E-state index is 0.702. The van der Waals surface area contributed by atoms with E-state index in [4.69, 9.17) is 5.73 Å². The van der Waals surface area contributed by atoms with Crippen molar-refractivity contribution in [2.45, 2.75) is 6.42 Å². The zero-order valence-corrected chi connectivity index (χ0v) is 8.56. The van der Waals surface area contributed by atoms with Gasteiger partial charge in [-0.25, -0.2) is 0 Å². The Labute approximate surface area is 89.4 Å². The van der Waals surface area contributed by atoms with Crippen LogP contribution in [0, 0.1) is 0 Å². The van der Waals surface area contributed by atoms with Crippen molar-refractivity contribution in [1.29, 1.82) is 0 Å². The van der Waals surface area contributed by atoms with Crippen LogP contribution in [-0.2, 0) is 0 Å². The Hall–Kier alpha value is -1.67. The van der Waals surface area contributed by atoms with Gasteiger partial charge in [0.2, 0.25) is 0 Å². The van der Waals surface area contributed by atoms with Crippen molar-refractivity contribution in [1.82, 2.24) is 4.98 Å². The fraction of sp³-hybridized carbons (Fsp3) is 0.154. The van der Waals surface area contributed by atoms with Crippen LogP contribution in [-0.4, -0.2) is 11.5 Å². The molecule has 0 atom stereocenters. The molecular formula is C13H14N2. The molecule has 1 aromatic heterocycles. The van der Waals surface area contributed by atoms with Crippen LogP contribution in [0.2, 0.25) is 0 Å². The molecule has 0 amide bonds. The van der Waals surface area contributed by atoms with Gasteiger partial charge in [0.1, 0.15) is 0 Å². The number of nitrogens with two attached hydrogens (primary N) is 1. The van der Waals surface area contributed by atoms with E-state index < -0.39 is 0 Å². The highest BCUT2D eigenvalue weighted by Gasteiger charge is 1.92. The van der Waals surface area contributed by atoms with Crippen molar-refractivity contribution in [2.24, 2.45) is 5.73 Å². The summed E-state index contributed by atoms with van der Waals surface area (Å²) in [5.74, 6) is 0. The molecule has 2 rings (SSSR count). The Morgan fingerprint density at radius 2 is 2.13 bits per heavy atom. The normalized spacial score (nSPS) is 11.3. The molecule has 1 heterocycles. The van der Waals surface area contributed by atoms with Gasteiger partial charge in [-0.2, -0.15) is 0 Å². The average Bonchev–Trinajstić information content (AvgIpc) is 2.29. The molecule has 0 radical (unpaired) electrons. The fourth-order valence-electron chi connectivity index (χ4n) is 1.52. The second-order valence-corrected chi connectivity index (χ2v) is 3.46. The first-order chi connectivity index (χ1) is 7.40. The monoisotopic (exact) mass is 198 g/mol. The van der Waals surface area contributed by atoms with Gasteiger partial charge in [-0.05, 0) is 36.0 Å². The Morgan fingerprint density at radius 1 is 1.20 bits per heavy atom. The zero-order chi connectivity index (χ0) is 10.5. The number of nitrogens with zero attached hydrogens (tertiary/aromatic N) is 1. The summed E-state index contributed by atoms with van der Waals surface area (Å²) in [4.78, 5) is 4.08. The van der Waals surface area contributed by atoms with Crippen molar-refractivity contribution in [3.05, 3.63) is 48.3 Å². The second kappa shape index (κ2) is 4.71. The molecule has 2 nitrogen and oxygen atoms in total. The van der Waals surface area contributed by atoms with E-state index in [1.807, 2.05) is 18.5 Å². The van der Waals surface area contributed by atoms with Gasteiger partial charge in [-0.1, -0.05) is 24.3 Å². The van der Waals surface area contributed by atoms with Gasteiger partial charge in [0.05, 0.1) is 0 Å². The van der Waals surface area contributed by atoms with Crippen molar-refractivity contribution >= 4 is 16.8 Å². The number of pyridine rings is 1. The Balaban J connectivity index is 2.30. The first kappa shape index (κ1) is 9.87. The molecule has 2 heteroatoms. The van der Waals surface area contributed by atoms with E-state index >= 15 is 0 Å². The van der Waals surface area contributed by atoms with E-state index in [0.717, 1.165) is 6.42 Å². The summed E-state index contributed by atoms with van der Waals surface area (Å²) in [6.45, 7) is 0.702. The van der Waals surface area contributed by atoms with E-state index in [-0.39, 0.29) is 0 Å². The zero-order valence-electron chi connectivity index (χ0n) is 8.56. The van der Waals surface area contributed by atoms with Crippen LogP contribution in [0.4, 0.5) is 0 Å². The van der Waals surface area contributed by atoms with Gasteiger partial charge in [-0.3, -0.25) is 4.98 Å². The van der Waals surface area contributed by atoms with Gasteiger partial charge < -0.3 is 5.73 Å². The van der Waals surface area contributed by atoms with Gasteiger partial charge in [-0.15, -0.1) is 0 Å². The van der Waals surface area contributed by atoms with Gasteiger partial charge in [0, 0.05) is 17.8 Å². The fourth-order valence-corrected chi connectivity index (χ4v) is 1.52. The molecule has 0 fully saturated rings. The molecule has 1 aromatic carbocycles. The highest BCUT2D eigenvalue weighted by atomic mass is 14.6. The van der Waals surface area contributed by atoms with Gasteiger partial charge >= 0.3 is 0 Å². The van der Waals surface area contributed by atoms with E-state index in [1.54, 1.807) is 0 Å². The Morgan fingerprint density at radius 3 is 3.00 bits per heavy atom. The topological polar surface area (TPSA) is 38.9 Å². The lowest BCUT2D eigenvalue weighted by Gasteiger charge is -1.98. The average molecular weight is 198 g/mol. The van der Waals surface area contributed by atoms with Crippen molar-refractivity contribution in [3.63, 3.8) is 0 Å². The predicted octanol–water partition coefficient (Wildman–Crippen LogP) is 2.60. The third kappa shape index (κ3) is 2.42. The smallest absolute Gasteiger partial charge is 0.0346 e. The largest absolute Gasteiger partial charge is 0.330 e. The highest BCUT2D eigenvalue weighted by Crippen LogP contribution is 2.15. The number of hydrogen-bond acceptors (Lipinski definition) is 2. The lowest BCUT2D eigenvalue weighted by atomic mass is 10.1. The van der Waals surface area contributed by atoms with Crippen LogP contribution in [0.1, 0.15) is 12.0 Å². The first-order valence-electron chi connectivity index (χ1n) is 5.10. The maximum absolute atomic E-state index is 5.42. The second-order valence-electron chi connectivity index (χ2n) is 3.46. The van der Waals surface area contributed by atoms with Crippen molar-refractivity contribution in [2.75, 3.05) is 6.54 Å². The number of rotatable bonds is 3. The molecule has 76 valence electrons. The molecule has 0 spiro atoms. The standard InChI is InChI=1S/C13H14N2/c14-7-2-1-3-11-4-5-13-10-15-8-6-12(13)9-11/h1,3-6,8-10H,2,7,14H2. The minimum Gasteiger partial charge on any atom is -0.330 e. The molecule has 2 aromatic rings. The molecule has 0 aliphatic rings. The van der Waals surface area contributed by atoms with Crippen LogP contribution in [0.3, 0.4) is 0 Å². The predicted molar refractivity (Wildman–Crippen MR) is 64.4 cm³/mol. The maximum Gasteiger partial charge on any atom is 0.0346 e. The van der Waals surface area contributed by atoms with Gasteiger partial charge in [0.15, 0.2) is 0 Å². The van der Waals surface area contributed by atoms with Crippen LogP contribution in [0.25, 0.3) is 16.8 Å². The highest BCUT2D eigenvalue weighted by molar-refractivity contribution is 5.83. The summed E-state index contributed by atoms with van der Waals surface area (Å²) in [5, 5.41) is 2.40. The van der Waals surface area contributed by atoms with Crippen LogP contribution in [0.15, 0.2) is 42.7 Å². The Kier molecular flexibility index (Phi) is 3.10. The molecule has 2 N–H and O–H groups in total. The molecular weight excluding hydrogens is 184 g/mol. The molecule has 0 unspecified atom stereocenters. The summed E-state index contributed by atoms with van der Waals surface area (Å²) in [7, 11) is 0. The number of benzene rings is 1. The third-order valence-corrected chi connectivity index (χ3v) is 2.31. The lowest BCUT2D eigenvalue weighted by molar-refractivity contribution is 1.01. The van der Waals surface area contributed by atoms with E-state index in [2.05, 4.69) is 35.3 Å². The summed E-state index contributed by atoms with van der Waals surface area (Å²) >= 11 is 0. The summed E-state index contributed by atoms with van der Waals surface area (Å²) in [5.41, 5.74) is 6.63. The quantitative estimate of drug-likeness (QED) is 0.823. The van der Waals surface area contributed by atoms with Crippen LogP contribution >= 0.6 is 0 Å². The van der Waals surface area contributed by atoms with Crippen LogP contribution in [0.5, 0.6) is 0 Å². The summed E-state index contributed by atoms with van der Waals surface area (Å²) in [6.07, 6.45) is 8.82. The molecule has 0 saturated heterocycles. The van der Waals surface area contributed by atoms with Gasteiger partial charge in [0.25, 0.3) is 0 Å². The molecule has 0 aliphatic heterocycles. The lowest BCUT2D eigenvalue weighted by Crippen LogP contribution is -1.94. The summed E-state index contributed by atoms with van der Waals surface area (Å²) in [6, 6.07) is 8.36. The van der Waals surface area contributed by atoms with Crippen LogP contribution < -0.4 is 5.73 Å². The number of hydrogen-bond donors (Lipinski definition) is 1.